The zero-order chi connectivity index (χ0) is 14.3. The Bertz CT molecular complexity index is 525. The Labute approximate surface area is 119 Å². The molecule has 1 aromatic carbocycles. The summed E-state index contributed by atoms with van der Waals surface area (Å²) in [7, 11) is 0. The number of benzene rings is 1. The van der Waals surface area contributed by atoms with E-state index in [1.54, 1.807) is 12.1 Å². The number of aliphatic imine (C=N–C) groups is 1. The highest BCUT2D eigenvalue weighted by atomic mass is 19.1. The van der Waals surface area contributed by atoms with Gasteiger partial charge in [-0.25, -0.2) is 4.39 Å². The second-order valence-electron chi connectivity index (χ2n) is 6.37. The van der Waals surface area contributed by atoms with Gasteiger partial charge >= 0.3 is 0 Å². The van der Waals surface area contributed by atoms with Gasteiger partial charge in [0.15, 0.2) is 5.96 Å². The van der Waals surface area contributed by atoms with Gasteiger partial charge in [-0.2, -0.15) is 0 Å². The van der Waals surface area contributed by atoms with Crippen LogP contribution in [0.15, 0.2) is 29.3 Å². The number of hydrogen-bond donors (Lipinski definition) is 1. The van der Waals surface area contributed by atoms with Crippen molar-refractivity contribution in [2.24, 2.45) is 22.6 Å². The van der Waals surface area contributed by atoms with Crippen LogP contribution in [0.2, 0.25) is 0 Å². The fraction of sp³-hybridized carbons (Fsp3) is 0.562. The summed E-state index contributed by atoms with van der Waals surface area (Å²) in [5.41, 5.74) is 7.06. The van der Waals surface area contributed by atoms with E-state index in [0.717, 1.165) is 24.6 Å². The van der Waals surface area contributed by atoms with Gasteiger partial charge in [-0.05, 0) is 55.4 Å². The maximum absolute atomic E-state index is 13.2. The van der Waals surface area contributed by atoms with Gasteiger partial charge in [-0.1, -0.05) is 13.8 Å². The van der Waals surface area contributed by atoms with Crippen LogP contribution in [0.3, 0.4) is 0 Å². The van der Waals surface area contributed by atoms with Gasteiger partial charge in [0.05, 0.1) is 12.1 Å². The first-order valence-corrected chi connectivity index (χ1v) is 7.38. The first-order valence-electron chi connectivity index (χ1n) is 7.38. The molecule has 20 heavy (non-hydrogen) atoms. The molecule has 0 radical (unpaired) electrons. The quantitative estimate of drug-likeness (QED) is 0.855. The van der Waals surface area contributed by atoms with Gasteiger partial charge in [0.25, 0.3) is 0 Å². The van der Waals surface area contributed by atoms with E-state index in [4.69, 9.17) is 5.73 Å². The molecule has 3 unspecified atom stereocenters. The minimum absolute atomic E-state index is 0.0194. The number of guanidine groups is 1. The molecule has 3 nitrogen and oxygen atoms in total. The molecule has 1 spiro atoms. The van der Waals surface area contributed by atoms with Gasteiger partial charge in [0.1, 0.15) is 5.82 Å². The molecular formula is C16H22FN3. The average molecular weight is 275 g/mol. The predicted molar refractivity (Wildman–Crippen MR) is 80.3 cm³/mol. The summed E-state index contributed by atoms with van der Waals surface area (Å²) < 4.78 is 13.2. The molecule has 1 aliphatic heterocycles. The predicted octanol–water partition coefficient (Wildman–Crippen LogP) is 3.16. The third-order valence-corrected chi connectivity index (χ3v) is 5.02. The van der Waals surface area contributed by atoms with E-state index in [1.807, 2.05) is 0 Å². The summed E-state index contributed by atoms with van der Waals surface area (Å²) in [5, 5.41) is 0. The zero-order valence-corrected chi connectivity index (χ0v) is 12.1. The smallest absolute Gasteiger partial charge is 0.196 e. The van der Waals surface area contributed by atoms with Gasteiger partial charge in [0, 0.05) is 5.69 Å². The summed E-state index contributed by atoms with van der Waals surface area (Å²) in [6, 6.07) is 6.58. The lowest BCUT2D eigenvalue weighted by molar-refractivity contribution is 0.180. The Kier molecular flexibility index (Phi) is 3.19. The Morgan fingerprint density at radius 2 is 2.00 bits per heavy atom. The van der Waals surface area contributed by atoms with Crippen molar-refractivity contribution in [3.8, 4) is 0 Å². The van der Waals surface area contributed by atoms with Crippen LogP contribution in [-0.4, -0.2) is 18.0 Å². The Morgan fingerprint density at radius 3 is 2.65 bits per heavy atom. The third-order valence-electron chi connectivity index (χ3n) is 5.02. The van der Waals surface area contributed by atoms with Crippen LogP contribution in [0.4, 0.5) is 10.1 Å². The summed E-state index contributed by atoms with van der Waals surface area (Å²) in [6.07, 6.45) is 3.49. The van der Waals surface area contributed by atoms with E-state index in [9.17, 15) is 4.39 Å². The minimum atomic E-state index is -0.220. The van der Waals surface area contributed by atoms with Crippen molar-refractivity contribution in [1.29, 1.82) is 0 Å². The number of nitrogens with zero attached hydrogens (tertiary/aromatic N) is 2. The molecule has 1 aliphatic carbocycles. The molecule has 0 aromatic heterocycles. The van der Waals surface area contributed by atoms with Crippen LogP contribution in [0.25, 0.3) is 0 Å². The van der Waals surface area contributed by atoms with Gasteiger partial charge in [-0.15, -0.1) is 0 Å². The van der Waals surface area contributed by atoms with Crippen molar-refractivity contribution in [3.05, 3.63) is 30.1 Å². The summed E-state index contributed by atoms with van der Waals surface area (Å²) in [6.45, 7) is 5.36. The van der Waals surface area contributed by atoms with Crippen LogP contribution in [0, 0.1) is 17.7 Å². The molecule has 4 heteroatoms. The second-order valence-corrected chi connectivity index (χ2v) is 6.37. The van der Waals surface area contributed by atoms with Gasteiger partial charge in [0.2, 0.25) is 0 Å². The standard InChI is InChI=1S/C16H22FN3/c1-11-7-8-16(12(2)9-11)10-19-15(18)20(16)14-5-3-13(17)4-6-14/h3-6,11-12H,7-10H2,1-2H3,(H2,18,19). The number of rotatable bonds is 1. The molecule has 1 saturated carbocycles. The van der Waals surface area contributed by atoms with Crippen LogP contribution >= 0.6 is 0 Å². The Balaban J connectivity index is 1.97. The first-order chi connectivity index (χ1) is 9.53. The Morgan fingerprint density at radius 1 is 1.30 bits per heavy atom. The lowest BCUT2D eigenvalue weighted by Crippen LogP contribution is -2.58. The lowest BCUT2D eigenvalue weighted by atomic mass is 9.69. The number of anilines is 1. The van der Waals surface area contributed by atoms with Crippen LogP contribution < -0.4 is 10.6 Å². The molecule has 1 fully saturated rings. The number of halogens is 1. The molecule has 1 heterocycles. The van der Waals surface area contributed by atoms with Crippen molar-refractivity contribution in [1.82, 2.24) is 0 Å². The van der Waals surface area contributed by atoms with E-state index in [0.29, 0.717) is 11.9 Å². The molecule has 0 amide bonds. The molecule has 108 valence electrons. The van der Waals surface area contributed by atoms with Gasteiger partial charge < -0.3 is 10.6 Å². The van der Waals surface area contributed by atoms with Crippen LogP contribution in [-0.2, 0) is 0 Å². The van der Waals surface area contributed by atoms with E-state index in [-0.39, 0.29) is 11.4 Å². The van der Waals surface area contributed by atoms with Crippen molar-refractivity contribution in [3.63, 3.8) is 0 Å². The van der Waals surface area contributed by atoms with E-state index >= 15 is 0 Å². The highest BCUT2D eigenvalue weighted by molar-refractivity contribution is 5.98. The van der Waals surface area contributed by atoms with E-state index in [1.165, 1.54) is 25.0 Å². The molecule has 1 aromatic rings. The van der Waals surface area contributed by atoms with Crippen molar-refractivity contribution in [2.45, 2.75) is 38.6 Å². The van der Waals surface area contributed by atoms with E-state index in [2.05, 4.69) is 23.7 Å². The molecular weight excluding hydrogens is 253 g/mol. The van der Waals surface area contributed by atoms with E-state index < -0.39 is 0 Å². The van der Waals surface area contributed by atoms with Gasteiger partial charge in [-0.3, -0.25) is 4.99 Å². The highest BCUT2D eigenvalue weighted by Gasteiger charge is 2.49. The summed E-state index contributed by atoms with van der Waals surface area (Å²) >= 11 is 0. The third kappa shape index (κ3) is 1.98. The van der Waals surface area contributed by atoms with Crippen molar-refractivity contribution < 1.29 is 4.39 Å². The maximum Gasteiger partial charge on any atom is 0.196 e. The van der Waals surface area contributed by atoms with Crippen LogP contribution in [0.5, 0.6) is 0 Å². The normalized spacial score (nSPS) is 33.5. The highest BCUT2D eigenvalue weighted by Crippen LogP contribution is 2.45. The molecule has 3 atom stereocenters. The largest absolute Gasteiger partial charge is 0.369 e. The number of nitrogens with two attached hydrogens (primary N) is 1. The molecule has 3 rings (SSSR count). The summed E-state index contributed by atoms with van der Waals surface area (Å²) in [5.74, 6) is 1.63. The summed E-state index contributed by atoms with van der Waals surface area (Å²) in [4.78, 5) is 6.64. The maximum atomic E-state index is 13.2. The first kappa shape index (κ1) is 13.4. The zero-order valence-electron chi connectivity index (χ0n) is 12.1. The fourth-order valence-electron chi connectivity index (χ4n) is 3.82. The SMILES string of the molecule is CC1CCC2(CN=C(N)N2c2ccc(F)cc2)C(C)C1. The minimum Gasteiger partial charge on any atom is -0.369 e. The van der Waals surface area contributed by atoms with Crippen LogP contribution in [0.1, 0.15) is 33.1 Å². The number of hydrogen-bond acceptors (Lipinski definition) is 3. The van der Waals surface area contributed by atoms with Crippen molar-refractivity contribution >= 4 is 11.6 Å². The molecule has 2 N–H and O–H groups in total. The fourth-order valence-corrected chi connectivity index (χ4v) is 3.82. The Hall–Kier alpha value is -1.58. The lowest BCUT2D eigenvalue weighted by Gasteiger charge is -2.48. The average Bonchev–Trinajstić information content (AvgIpc) is 2.74. The monoisotopic (exact) mass is 275 g/mol. The second kappa shape index (κ2) is 4.76. The van der Waals surface area contributed by atoms with Crippen molar-refractivity contribution in [2.75, 3.05) is 11.4 Å². The molecule has 2 aliphatic rings. The molecule has 0 saturated heterocycles. The molecule has 0 bridgehead atoms. The topological polar surface area (TPSA) is 41.6 Å².